The number of nitrogens with one attached hydrogen (secondary N) is 1. The molecule has 1 heteroatoms. The first-order chi connectivity index (χ1) is 9.86. The third-order valence-corrected chi connectivity index (χ3v) is 4.66. The molecule has 1 aliphatic carbocycles. The molecule has 1 N–H and O–H groups in total. The molecular weight excluding hydrogens is 242 g/mol. The fraction of sp³-hybridized carbons (Fsp3) is 0.474. The van der Waals surface area contributed by atoms with Gasteiger partial charge in [-0.25, -0.2) is 0 Å². The highest BCUT2D eigenvalue weighted by Crippen LogP contribution is 2.33. The summed E-state index contributed by atoms with van der Waals surface area (Å²) in [5, 5.41) is 6.40. The molecule has 0 aromatic heterocycles. The topological polar surface area (TPSA) is 12.0 Å². The molecule has 1 saturated carbocycles. The zero-order valence-corrected chi connectivity index (χ0v) is 12.4. The summed E-state index contributed by atoms with van der Waals surface area (Å²) >= 11 is 0. The Hall–Kier alpha value is -1.34. The second kappa shape index (κ2) is 6.41. The van der Waals surface area contributed by atoms with Gasteiger partial charge in [0.05, 0.1) is 0 Å². The van der Waals surface area contributed by atoms with Crippen LogP contribution < -0.4 is 5.32 Å². The second-order valence-corrected chi connectivity index (χ2v) is 6.08. The molecule has 0 spiro atoms. The van der Waals surface area contributed by atoms with Crippen molar-refractivity contribution in [1.29, 1.82) is 0 Å². The van der Waals surface area contributed by atoms with E-state index in [9.17, 15) is 0 Å². The lowest BCUT2D eigenvalue weighted by molar-refractivity contribution is 0.449. The fourth-order valence-corrected chi connectivity index (χ4v) is 3.60. The Morgan fingerprint density at radius 3 is 2.65 bits per heavy atom. The Balaban J connectivity index is 1.84. The van der Waals surface area contributed by atoms with E-state index in [0.29, 0.717) is 6.04 Å². The minimum absolute atomic E-state index is 0.707. The van der Waals surface area contributed by atoms with Crippen molar-refractivity contribution in [3.05, 3.63) is 48.0 Å². The van der Waals surface area contributed by atoms with Crippen molar-refractivity contribution in [2.45, 2.75) is 51.0 Å². The van der Waals surface area contributed by atoms with E-state index in [1.54, 1.807) is 0 Å². The predicted molar refractivity (Wildman–Crippen MR) is 87.2 cm³/mol. The van der Waals surface area contributed by atoms with Crippen LogP contribution in [-0.4, -0.2) is 12.6 Å². The van der Waals surface area contributed by atoms with Crippen LogP contribution in [0.2, 0.25) is 0 Å². The highest BCUT2D eigenvalue weighted by molar-refractivity contribution is 5.83. The van der Waals surface area contributed by atoms with E-state index in [0.717, 1.165) is 12.5 Å². The predicted octanol–water partition coefficient (Wildman–Crippen LogP) is 4.87. The molecule has 2 aromatic rings. The molecule has 2 atom stereocenters. The molecule has 1 nitrogen and oxygen atoms in total. The first-order valence-electron chi connectivity index (χ1n) is 8.09. The molecule has 2 unspecified atom stereocenters. The van der Waals surface area contributed by atoms with Crippen molar-refractivity contribution in [3.8, 4) is 0 Å². The van der Waals surface area contributed by atoms with Crippen LogP contribution in [0.5, 0.6) is 0 Å². The Morgan fingerprint density at radius 2 is 1.80 bits per heavy atom. The van der Waals surface area contributed by atoms with Gasteiger partial charge in [-0.15, -0.1) is 0 Å². The third kappa shape index (κ3) is 3.04. The molecular formula is C19H25N. The minimum Gasteiger partial charge on any atom is -0.314 e. The maximum Gasteiger partial charge on any atom is 0.00727 e. The van der Waals surface area contributed by atoms with Crippen molar-refractivity contribution >= 4 is 10.8 Å². The summed E-state index contributed by atoms with van der Waals surface area (Å²) in [6.45, 7) is 3.31. The summed E-state index contributed by atoms with van der Waals surface area (Å²) in [6.07, 6.45) is 6.74. The summed E-state index contributed by atoms with van der Waals surface area (Å²) in [5.41, 5.74) is 1.54. The maximum atomic E-state index is 3.66. The fourth-order valence-electron chi connectivity index (χ4n) is 3.60. The number of hydrogen-bond acceptors (Lipinski definition) is 1. The van der Waals surface area contributed by atoms with Crippen LogP contribution >= 0.6 is 0 Å². The molecule has 0 radical (unpaired) electrons. The summed E-state index contributed by atoms with van der Waals surface area (Å²) in [5.74, 6) is 0.728. The van der Waals surface area contributed by atoms with E-state index in [1.807, 2.05) is 0 Å². The van der Waals surface area contributed by atoms with E-state index >= 15 is 0 Å². The average molecular weight is 267 g/mol. The van der Waals surface area contributed by atoms with Gasteiger partial charge in [0.2, 0.25) is 0 Å². The standard InChI is InChI=1S/C19H25N/c1-2-20-19-10-6-5-9-17(14-19)18-12-11-15-7-3-4-8-16(15)13-18/h3-4,7-8,11-13,17,19-20H,2,5-6,9-10,14H2,1H3. The Labute approximate surface area is 122 Å². The number of fused-ring (bicyclic) bond motifs is 1. The molecule has 106 valence electrons. The summed E-state index contributed by atoms with van der Waals surface area (Å²) < 4.78 is 0. The SMILES string of the molecule is CCNC1CCCCC(c2ccc3ccccc3c2)C1. The van der Waals surface area contributed by atoms with E-state index in [2.05, 4.69) is 54.7 Å². The van der Waals surface area contributed by atoms with Crippen molar-refractivity contribution in [1.82, 2.24) is 5.32 Å². The van der Waals surface area contributed by atoms with Crippen molar-refractivity contribution in [2.24, 2.45) is 0 Å². The Bertz CT molecular complexity index is 560. The van der Waals surface area contributed by atoms with Crippen LogP contribution in [-0.2, 0) is 0 Å². The number of benzene rings is 2. The van der Waals surface area contributed by atoms with Crippen LogP contribution in [0.1, 0.15) is 50.5 Å². The van der Waals surface area contributed by atoms with Gasteiger partial charge in [0.25, 0.3) is 0 Å². The smallest absolute Gasteiger partial charge is 0.00727 e. The molecule has 0 bridgehead atoms. The monoisotopic (exact) mass is 267 g/mol. The third-order valence-electron chi connectivity index (χ3n) is 4.66. The first kappa shape index (κ1) is 13.6. The van der Waals surface area contributed by atoms with E-state index < -0.39 is 0 Å². The van der Waals surface area contributed by atoms with Gasteiger partial charge in [0.15, 0.2) is 0 Å². The van der Waals surface area contributed by atoms with Crippen molar-refractivity contribution < 1.29 is 0 Å². The van der Waals surface area contributed by atoms with Crippen LogP contribution in [0.3, 0.4) is 0 Å². The van der Waals surface area contributed by atoms with Crippen molar-refractivity contribution in [2.75, 3.05) is 6.54 Å². The van der Waals surface area contributed by atoms with Crippen LogP contribution in [0, 0.1) is 0 Å². The number of hydrogen-bond donors (Lipinski definition) is 1. The number of rotatable bonds is 3. The van der Waals surface area contributed by atoms with Gasteiger partial charge in [0.1, 0.15) is 0 Å². The first-order valence-corrected chi connectivity index (χ1v) is 8.09. The van der Waals surface area contributed by atoms with Gasteiger partial charge in [-0.2, -0.15) is 0 Å². The minimum atomic E-state index is 0.707. The quantitative estimate of drug-likeness (QED) is 0.783. The molecule has 2 aromatic carbocycles. The molecule has 0 aliphatic heterocycles. The van der Waals surface area contributed by atoms with Gasteiger partial charge in [0, 0.05) is 6.04 Å². The zero-order valence-electron chi connectivity index (χ0n) is 12.4. The average Bonchev–Trinajstić information content (AvgIpc) is 2.73. The highest BCUT2D eigenvalue weighted by Gasteiger charge is 2.20. The molecule has 1 fully saturated rings. The van der Waals surface area contributed by atoms with E-state index in [4.69, 9.17) is 0 Å². The highest BCUT2D eigenvalue weighted by atomic mass is 14.9. The van der Waals surface area contributed by atoms with Crippen molar-refractivity contribution in [3.63, 3.8) is 0 Å². The lowest BCUT2D eigenvalue weighted by Crippen LogP contribution is -2.29. The largest absolute Gasteiger partial charge is 0.314 e. The molecule has 3 rings (SSSR count). The van der Waals surface area contributed by atoms with Gasteiger partial charge in [-0.05, 0) is 48.1 Å². The zero-order chi connectivity index (χ0) is 13.8. The van der Waals surface area contributed by atoms with Crippen LogP contribution in [0.25, 0.3) is 10.8 Å². The van der Waals surface area contributed by atoms with Gasteiger partial charge >= 0.3 is 0 Å². The lowest BCUT2D eigenvalue weighted by atomic mass is 9.89. The summed E-state index contributed by atoms with van der Waals surface area (Å²) in [7, 11) is 0. The van der Waals surface area contributed by atoms with Gasteiger partial charge < -0.3 is 5.32 Å². The van der Waals surface area contributed by atoms with E-state index in [1.165, 1.54) is 48.4 Å². The molecule has 0 saturated heterocycles. The molecule has 0 amide bonds. The Kier molecular flexibility index (Phi) is 4.37. The van der Waals surface area contributed by atoms with Gasteiger partial charge in [-0.1, -0.05) is 62.2 Å². The lowest BCUT2D eigenvalue weighted by Gasteiger charge is -2.21. The molecule has 0 heterocycles. The Morgan fingerprint density at radius 1 is 1.00 bits per heavy atom. The summed E-state index contributed by atoms with van der Waals surface area (Å²) in [4.78, 5) is 0. The normalized spacial score (nSPS) is 23.6. The second-order valence-electron chi connectivity index (χ2n) is 6.08. The van der Waals surface area contributed by atoms with Crippen LogP contribution in [0.4, 0.5) is 0 Å². The van der Waals surface area contributed by atoms with E-state index in [-0.39, 0.29) is 0 Å². The van der Waals surface area contributed by atoms with Gasteiger partial charge in [-0.3, -0.25) is 0 Å². The van der Waals surface area contributed by atoms with Crippen LogP contribution in [0.15, 0.2) is 42.5 Å². The molecule has 1 aliphatic rings. The molecule has 20 heavy (non-hydrogen) atoms. The summed E-state index contributed by atoms with van der Waals surface area (Å²) in [6, 6.07) is 16.5. The maximum absolute atomic E-state index is 3.66.